The molecule has 3 aromatic rings. The van der Waals surface area contributed by atoms with Crippen molar-refractivity contribution in [1.82, 2.24) is 10.3 Å². The van der Waals surface area contributed by atoms with E-state index in [1.165, 1.54) is 18.0 Å². The summed E-state index contributed by atoms with van der Waals surface area (Å²) in [7, 11) is 0. The average molecular weight is 373 g/mol. The molecule has 2 amide bonds. The summed E-state index contributed by atoms with van der Waals surface area (Å²) in [5.74, 6) is -0.557. The first-order chi connectivity index (χ1) is 13.6. The van der Waals surface area contributed by atoms with Crippen LogP contribution in [-0.4, -0.2) is 16.8 Å². The van der Waals surface area contributed by atoms with E-state index in [2.05, 4.69) is 15.6 Å². The van der Waals surface area contributed by atoms with Crippen LogP contribution < -0.4 is 10.6 Å². The molecule has 0 fully saturated rings. The van der Waals surface area contributed by atoms with Crippen LogP contribution in [0.3, 0.4) is 0 Å². The number of para-hydroxylation sites is 1. The summed E-state index contributed by atoms with van der Waals surface area (Å²) in [4.78, 5) is 29.1. The normalized spacial score (nSPS) is 10.4. The molecule has 28 heavy (non-hydrogen) atoms. The Morgan fingerprint density at radius 1 is 0.929 bits per heavy atom. The highest BCUT2D eigenvalue weighted by Gasteiger charge is 2.12. The van der Waals surface area contributed by atoms with Crippen LogP contribution >= 0.6 is 0 Å². The molecular formula is C23H23N3O2. The van der Waals surface area contributed by atoms with Crippen molar-refractivity contribution in [2.24, 2.45) is 0 Å². The highest BCUT2D eigenvalue weighted by atomic mass is 16.2. The second kappa shape index (κ2) is 8.95. The van der Waals surface area contributed by atoms with E-state index >= 15 is 0 Å². The van der Waals surface area contributed by atoms with Gasteiger partial charge in [-0.2, -0.15) is 0 Å². The monoisotopic (exact) mass is 373 g/mol. The van der Waals surface area contributed by atoms with E-state index in [0.717, 1.165) is 23.2 Å². The molecule has 0 spiro atoms. The molecular weight excluding hydrogens is 350 g/mol. The van der Waals surface area contributed by atoms with Crippen LogP contribution in [0.1, 0.15) is 44.3 Å². The summed E-state index contributed by atoms with van der Waals surface area (Å²) in [5.41, 5.74) is 4.69. The van der Waals surface area contributed by atoms with Crippen molar-refractivity contribution in [1.29, 1.82) is 0 Å². The van der Waals surface area contributed by atoms with E-state index in [9.17, 15) is 9.59 Å². The molecule has 5 nitrogen and oxygen atoms in total. The van der Waals surface area contributed by atoms with Gasteiger partial charge >= 0.3 is 0 Å². The lowest BCUT2D eigenvalue weighted by Gasteiger charge is -2.10. The van der Waals surface area contributed by atoms with Gasteiger partial charge in [-0.3, -0.25) is 14.6 Å². The van der Waals surface area contributed by atoms with Crippen LogP contribution in [0.4, 0.5) is 5.69 Å². The van der Waals surface area contributed by atoms with Crippen molar-refractivity contribution in [3.05, 3.63) is 94.8 Å². The first kappa shape index (κ1) is 19.3. The molecule has 2 aromatic carbocycles. The summed E-state index contributed by atoms with van der Waals surface area (Å²) in [5, 5.41) is 5.75. The third-order valence-electron chi connectivity index (χ3n) is 4.48. The third kappa shape index (κ3) is 4.82. The zero-order chi connectivity index (χ0) is 19.9. The van der Waals surface area contributed by atoms with E-state index in [4.69, 9.17) is 0 Å². The molecule has 0 aliphatic heterocycles. The maximum Gasteiger partial charge on any atom is 0.257 e. The number of hydrogen-bond acceptors (Lipinski definition) is 3. The Morgan fingerprint density at radius 3 is 2.32 bits per heavy atom. The van der Waals surface area contributed by atoms with Gasteiger partial charge in [0.1, 0.15) is 0 Å². The van der Waals surface area contributed by atoms with Crippen LogP contribution in [-0.2, 0) is 13.0 Å². The second-order valence-corrected chi connectivity index (χ2v) is 6.60. The minimum Gasteiger partial charge on any atom is -0.348 e. The molecule has 0 radical (unpaired) electrons. The number of anilines is 1. The molecule has 1 aromatic heterocycles. The quantitative estimate of drug-likeness (QED) is 0.682. The molecule has 3 rings (SSSR count). The van der Waals surface area contributed by atoms with Gasteiger partial charge in [0.05, 0.1) is 11.1 Å². The van der Waals surface area contributed by atoms with Gasteiger partial charge in [0, 0.05) is 24.6 Å². The Morgan fingerprint density at radius 2 is 1.61 bits per heavy atom. The SMILES string of the molecule is CCc1ccccc1NC(=O)c1cncc(C(=O)NCc2ccc(C)cc2)c1. The highest BCUT2D eigenvalue weighted by molar-refractivity contribution is 6.06. The van der Waals surface area contributed by atoms with Crippen LogP contribution in [0.2, 0.25) is 0 Å². The number of aryl methyl sites for hydroxylation is 2. The minimum atomic E-state index is -0.290. The Bertz CT molecular complexity index is 981. The van der Waals surface area contributed by atoms with Crippen molar-refractivity contribution in [3.63, 3.8) is 0 Å². The predicted octanol–water partition coefficient (Wildman–Crippen LogP) is 4.13. The fourth-order valence-corrected chi connectivity index (χ4v) is 2.82. The Hall–Kier alpha value is -3.47. The Kier molecular flexibility index (Phi) is 6.17. The van der Waals surface area contributed by atoms with Crippen LogP contribution in [0.15, 0.2) is 67.0 Å². The highest BCUT2D eigenvalue weighted by Crippen LogP contribution is 2.17. The summed E-state index contributed by atoms with van der Waals surface area (Å²) in [6.07, 6.45) is 3.73. The van der Waals surface area contributed by atoms with Crippen molar-refractivity contribution in [2.45, 2.75) is 26.8 Å². The standard InChI is InChI=1S/C23H23N3O2/c1-3-18-6-4-5-7-21(18)26-23(28)20-12-19(14-24-15-20)22(27)25-13-17-10-8-16(2)9-11-17/h4-12,14-15H,3,13H2,1-2H3,(H,25,27)(H,26,28). The fourth-order valence-electron chi connectivity index (χ4n) is 2.82. The van der Waals surface area contributed by atoms with Gasteiger partial charge in [0.25, 0.3) is 11.8 Å². The number of pyridine rings is 1. The molecule has 0 saturated carbocycles. The largest absolute Gasteiger partial charge is 0.348 e. The summed E-state index contributed by atoms with van der Waals surface area (Å²) in [6, 6.07) is 17.2. The molecule has 142 valence electrons. The van der Waals surface area contributed by atoms with Crippen molar-refractivity contribution < 1.29 is 9.59 Å². The molecule has 0 saturated heterocycles. The van der Waals surface area contributed by atoms with Crippen LogP contribution in [0.25, 0.3) is 0 Å². The first-order valence-corrected chi connectivity index (χ1v) is 9.25. The average Bonchev–Trinajstić information content (AvgIpc) is 2.73. The van der Waals surface area contributed by atoms with Gasteiger partial charge in [-0.15, -0.1) is 0 Å². The van der Waals surface area contributed by atoms with Crippen LogP contribution in [0.5, 0.6) is 0 Å². The number of nitrogens with zero attached hydrogens (tertiary/aromatic N) is 1. The van der Waals surface area contributed by atoms with E-state index < -0.39 is 0 Å². The van der Waals surface area contributed by atoms with Gasteiger partial charge in [-0.25, -0.2) is 0 Å². The Labute approximate surface area is 164 Å². The van der Waals surface area contributed by atoms with Gasteiger partial charge in [-0.05, 0) is 36.6 Å². The number of hydrogen-bond donors (Lipinski definition) is 2. The maximum atomic E-state index is 12.6. The van der Waals surface area contributed by atoms with Gasteiger partial charge in [0.2, 0.25) is 0 Å². The van der Waals surface area contributed by atoms with E-state index in [0.29, 0.717) is 17.7 Å². The van der Waals surface area contributed by atoms with E-state index in [1.54, 1.807) is 6.07 Å². The number of rotatable bonds is 6. The number of carbonyl (C=O) groups is 2. The lowest BCUT2D eigenvalue weighted by atomic mass is 10.1. The van der Waals surface area contributed by atoms with E-state index in [1.807, 2.05) is 62.4 Å². The number of benzene rings is 2. The van der Waals surface area contributed by atoms with Gasteiger partial charge in [0.15, 0.2) is 0 Å². The predicted molar refractivity (Wildman–Crippen MR) is 110 cm³/mol. The number of aromatic nitrogens is 1. The lowest BCUT2D eigenvalue weighted by molar-refractivity contribution is 0.0950. The van der Waals surface area contributed by atoms with Gasteiger partial charge < -0.3 is 10.6 Å². The molecule has 2 N–H and O–H groups in total. The van der Waals surface area contributed by atoms with Crippen molar-refractivity contribution >= 4 is 17.5 Å². The van der Waals surface area contributed by atoms with Crippen LogP contribution in [0, 0.1) is 6.92 Å². The first-order valence-electron chi connectivity index (χ1n) is 9.25. The zero-order valence-corrected chi connectivity index (χ0v) is 16.0. The van der Waals surface area contributed by atoms with E-state index in [-0.39, 0.29) is 11.8 Å². The Balaban J connectivity index is 1.68. The summed E-state index contributed by atoms with van der Waals surface area (Å²) in [6.45, 7) is 4.47. The topological polar surface area (TPSA) is 71.1 Å². The smallest absolute Gasteiger partial charge is 0.257 e. The van der Waals surface area contributed by atoms with Crippen molar-refractivity contribution in [3.8, 4) is 0 Å². The van der Waals surface area contributed by atoms with Gasteiger partial charge in [-0.1, -0.05) is 55.0 Å². The summed E-state index contributed by atoms with van der Waals surface area (Å²) >= 11 is 0. The second-order valence-electron chi connectivity index (χ2n) is 6.60. The molecule has 0 aliphatic carbocycles. The minimum absolute atomic E-state index is 0.267. The number of carbonyl (C=O) groups excluding carboxylic acids is 2. The molecule has 0 atom stereocenters. The molecule has 0 bridgehead atoms. The number of nitrogens with one attached hydrogen (secondary N) is 2. The summed E-state index contributed by atoms with van der Waals surface area (Å²) < 4.78 is 0. The molecule has 0 unspecified atom stereocenters. The number of amides is 2. The molecule has 0 aliphatic rings. The lowest BCUT2D eigenvalue weighted by Crippen LogP contribution is -2.23. The zero-order valence-electron chi connectivity index (χ0n) is 16.0. The maximum absolute atomic E-state index is 12.6. The third-order valence-corrected chi connectivity index (χ3v) is 4.48. The fraction of sp³-hybridized carbons (Fsp3) is 0.174. The molecule has 1 heterocycles. The molecule has 5 heteroatoms. The van der Waals surface area contributed by atoms with Crippen molar-refractivity contribution in [2.75, 3.05) is 5.32 Å².